The van der Waals surface area contributed by atoms with Crippen LogP contribution in [0.5, 0.6) is 0 Å². The second-order valence-corrected chi connectivity index (χ2v) is 4.77. The van der Waals surface area contributed by atoms with Crippen LogP contribution in [0, 0.1) is 5.92 Å². The predicted octanol–water partition coefficient (Wildman–Crippen LogP) is 0.630. The molecular formula is C7H13NO2S. The molecule has 0 aliphatic heterocycles. The molecule has 3 nitrogen and oxygen atoms in total. The Morgan fingerprint density at radius 1 is 1.55 bits per heavy atom. The van der Waals surface area contributed by atoms with Crippen LogP contribution in [-0.4, -0.2) is 13.7 Å². The first kappa shape index (κ1) is 8.74. The van der Waals surface area contributed by atoms with Crippen molar-refractivity contribution in [2.24, 2.45) is 11.1 Å². The second kappa shape index (κ2) is 2.95. The number of sulfonamides is 1. The highest BCUT2D eigenvalue weighted by atomic mass is 32.2. The normalized spacial score (nSPS) is 31.0. The summed E-state index contributed by atoms with van der Waals surface area (Å²) in [7, 11) is -3.29. The number of hydrogen-bond acceptors (Lipinski definition) is 2. The highest BCUT2D eigenvalue weighted by Crippen LogP contribution is 2.34. The van der Waals surface area contributed by atoms with Crippen molar-refractivity contribution in [3.8, 4) is 0 Å². The van der Waals surface area contributed by atoms with E-state index in [0.717, 1.165) is 19.3 Å². The summed E-state index contributed by atoms with van der Waals surface area (Å²) >= 11 is 0. The van der Waals surface area contributed by atoms with Gasteiger partial charge in [-0.15, -0.1) is 6.58 Å². The first-order chi connectivity index (χ1) is 5.05. The summed E-state index contributed by atoms with van der Waals surface area (Å²) in [5, 5.41) is 4.69. The van der Waals surface area contributed by atoms with Gasteiger partial charge >= 0.3 is 0 Å². The predicted molar refractivity (Wildman–Crippen MR) is 44.4 cm³/mol. The van der Waals surface area contributed by atoms with Gasteiger partial charge in [-0.05, 0) is 25.2 Å². The number of nitrogens with two attached hydrogens (primary N) is 1. The van der Waals surface area contributed by atoms with E-state index in [2.05, 4.69) is 6.58 Å². The van der Waals surface area contributed by atoms with Crippen LogP contribution in [-0.2, 0) is 10.0 Å². The van der Waals surface area contributed by atoms with Crippen LogP contribution in [0.1, 0.15) is 19.3 Å². The van der Waals surface area contributed by atoms with Crippen molar-refractivity contribution in [2.45, 2.75) is 24.5 Å². The lowest BCUT2D eigenvalue weighted by Crippen LogP contribution is -2.42. The third kappa shape index (κ3) is 1.81. The molecule has 64 valence electrons. The molecule has 1 saturated carbocycles. The molecule has 0 saturated heterocycles. The Labute approximate surface area is 67.3 Å². The lowest BCUT2D eigenvalue weighted by Gasteiger charge is -2.33. The molecule has 0 bridgehead atoms. The molecule has 0 aromatic rings. The summed E-state index contributed by atoms with van der Waals surface area (Å²) in [6.45, 7) is 3.56. The zero-order valence-corrected chi connectivity index (χ0v) is 7.18. The average molecular weight is 175 g/mol. The summed E-state index contributed by atoms with van der Waals surface area (Å²) in [4.78, 5) is 0. The largest absolute Gasteiger partial charge is 0.228 e. The van der Waals surface area contributed by atoms with E-state index < -0.39 is 10.0 Å². The molecule has 2 atom stereocenters. The SMILES string of the molecule is C=CCC1CC[C@H]1S(N)(=O)=O. The van der Waals surface area contributed by atoms with Crippen molar-refractivity contribution in [1.29, 1.82) is 0 Å². The minimum atomic E-state index is -3.29. The van der Waals surface area contributed by atoms with Gasteiger partial charge in [0.2, 0.25) is 10.0 Å². The van der Waals surface area contributed by atoms with Gasteiger partial charge in [0.15, 0.2) is 0 Å². The zero-order valence-electron chi connectivity index (χ0n) is 6.36. The van der Waals surface area contributed by atoms with Crippen LogP contribution in [0.2, 0.25) is 0 Å². The highest BCUT2D eigenvalue weighted by molar-refractivity contribution is 7.89. The number of primary sulfonamides is 1. The molecule has 0 spiro atoms. The van der Waals surface area contributed by atoms with Gasteiger partial charge in [0.05, 0.1) is 5.25 Å². The molecule has 0 heterocycles. The number of allylic oxidation sites excluding steroid dienone is 1. The third-order valence-electron chi connectivity index (χ3n) is 2.24. The third-order valence-corrected chi connectivity index (χ3v) is 3.70. The quantitative estimate of drug-likeness (QED) is 0.639. The van der Waals surface area contributed by atoms with Crippen molar-refractivity contribution in [3.63, 3.8) is 0 Å². The van der Waals surface area contributed by atoms with E-state index in [4.69, 9.17) is 5.14 Å². The summed E-state index contributed by atoms with van der Waals surface area (Å²) in [6.07, 6.45) is 4.20. The second-order valence-electron chi connectivity index (χ2n) is 2.99. The Morgan fingerprint density at radius 2 is 2.18 bits per heavy atom. The molecule has 2 N–H and O–H groups in total. The minimum absolute atomic E-state index is 0.225. The minimum Gasteiger partial charge on any atom is -0.228 e. The van der Waals surface area contributed by atoms with E-state index >= 15 is 0 Å². The van der Waals surface area contributed by atoms with Crippen LogP contribution < -0.4 is 5.14 Å². The van der Waals surface area contributed by atoms with Crippen molar-refractivity contribution in [3.05, 3.63) is 12.7 Å². The van der Waals surface area contributed by atoms with Gasteiger partial charge in [-0.1, -0.05) is 6.08 Å². The summed E-state index contributed by atoms with van der Waals surface area (Å²) < 4.78 is 21.7. The molecule has 1 aliphatic carbocycles. The first-order valence-corrected chi connectivity index (χ1v) is 5.29. The van der Waals surface area contributed by atoms with E-state index in [1.54, 1.807) is 6.08 Å². The monoisotopic (exact) mass is 175 g/mol. The van der Waals surface area contributed by atoms with Gasteiger partial charge in [0.25, 0.3) is 0 Å². The summed E-state index contributed by atoms with van der Waals surface area (Å²) in [6, 6.07) is 0. The maximum Gasteiger partial charge on any atom is 0.212 e. The van der Waals surface area contributed by atoms with Gasteiger partial charge in [0, 0.05) is 0 Å². The average Bonchev–Trinajstić information content (AvgIpc) is 1.75. The fraction of sp³-hybridized carbons (Fsp3) is 0.714. The molecule has 1 rings (SSSR count). The Morgan fingerprint density at radius 3 is 2.45 bits per heavy atom. The van der Waals surface area contributed by atoms with Crippen molar-refractivity contribution < 1.29 is 8.42 Å². The molecule has 0 radical (unpaired) electrons. The Kier molecular flexibility index (Phi) is 2.34. The molecule has 0 aromatic heterocycles. The zero-order chi connectivity index (χ0) is 8.48. The molecular weight excluding hydrogens is 162 g/mol. The van der Waals surface area contributed by atoms with Gasteiger partial charge in [0.1, 0.15) is 0 Å². The van der Waals surface area contributed by atoms with E-state index in [1.807, 2.05) is 0 Å². The molecule has 0 amide bonds. The lowest BCUT2D eigenvalue weighted by molar-refractivity contribution is 0.319. The van der Waals surface area contributed by atoms with Gasteiger partial charge < -0.3 is 0 Å². The van der Waals surface area contributed by atoms with Crippen LogP contribution >= 0.6 is 0 Å². The maximum atomic E-state index is 10.8. The molecule has 0 aromatic carbocycles. The summed E-state index contributed by atoms with van der Waals surface area (Å²) in [5.74, 6) is 0.225. The van der Waals surface area contributed by atoms with E-state index in [9.17, 15) is 8.42 Å². The van der Waals surface area contributed by atoms with Crippen LogP contribution in [0.3, 0.4) is 0 Å². The Bertz CT molecular complexity index is 245. The molecule has 4 heteroatoms. The molecule has 11 heavy (non-hydrogen) atoms. The van der Waals surface area contributed by atoms with Crippen LogP contribution in [0.15, 0.2) is 12.7 Å². The van der Waals surface area contributed by atoms with Gasteiger partial charge in [-0.25, -0.2) is 13.6 Å². The molecule has 1 aliphatic rings. The van der Waals surface area contributed by atoms with Crippen LogP contribution in [0.4, 0.5) is 0 Å². The molecule has 1 fully saturated rings. The smallest absolute Gasteiger partial charge is 0.212 e. The van der Waals surface area contributed by atoms with Crippen molar-refractivity contribution in [1.82, 2.24) is 0 Å². The standard InChI is InChI=1S/C7H13NO2S/c1-2-3-6-4-5-7(6)11(8,9)10/h2,6-7H,1,3-5H2,(H2,8,9,10)/t6?,7-/m1/s1. The first-order valence-electron chi connectivity index (χ1n) is 3.68. The van der Waals surface area contributed by atoms with E-state index in [-0.39, 0.29) is 11.2 Å². The fourth-order valence-electron chi connectivity index (χ4n) is 1.45. The van der Waals surface area contributed by atoms with Gasteiger partial charge in [-0.2, -0.15) is 0 Å². The van der Waals surface area contributed by atoms with Crippen molar-refractivity contribution in [2.75, 3.05) is 0 Å². The van der Waals surface area contributed by atoms with E-state index in [0.29, 0.717) is 0 Å². The van der Waals surface area contributed by atoms with Gasteiger partial charge in [-0.3, -0.25) is 0 Å². The highest BCUT2D eigenvalue weighted by Gasteiger charge is 2.37. The topological polar surface area (TPSA) is 60.2 Å². The van der Waals surface area contributed by atoms with Crippen LogP contribution in [0.25, 0.3) is 0 Å². The number of hydrogen-bond donors (Lipinski definition) is 1. The Balaban J connectivity index is 2.57. The fourth-order valence-corrected chi connectivity index (χ4v) is 2.70. The number of rotatable bonds is 3. The Hall–Kier alpha value is -0.350. The molecule has 1 unspecified atom stereocenters. The summed E-state index contributed by atoms with van der Waals surface area (Å²) in [5.41, 5.74) is 0. The maximum absolute atomic E-state index is 10.8. The van der Waals surface area contributed by atoms with E-state index in [1.165, 1.54) is 0 Å². The van der Waals surface area contributed by atoms with Crippen molar-refractivity contribution >= 4 is 10.0 Å². The lowest BCUT2D eigenvalue weighted by atomic mass is 9.82.